The van der Waals surface area contributed by atoms with Gasteiger partial charge in [-0.1, -0.05) is 11.8 Å². The number of nitrogens with two attached hydrogens (primary N) is 1. The molecule has 0 radical (unpaired) electrons. The molecule has 1 amide bonds. The number of nitrogen functional groups attached to an aromatic ring is 1. The number of rotatable bonds is 5. The third-order valence-corrected chi connectivity index (χ3v) is 3.65. The Balaban J connectivity index is 1.95. The SMILES string of the molecule is CC(=O)c1ccc(NC(=O)C(C)Sc2n[nH]c(N)n2)cc1. The fourth-order valence-corrected chi connectivity index (χ4v) is 2.29. The minimum Gasteiger partial charge on any atom is -0.368 e. The number of aromatic nitrogens is 3. The van der Waals surface area contributed by atoms with Gasteiger partial charge in [0.2, 0.25) is 17.0 Å². The molecule has 2 aromatic rings. The summed E-state index contributed by atoms with van der Waals surface area (Å²) < 4.78 is 0. The number of hydrogen-bond acceptors (Lipinski definition) is 6. The van der Waals surface area contributed by atoms with Gasteiger partial charge in [0, 0.05) is 11.3 Å². The van der Waals surface area contributed by atoms with Crippen molar-refractivity contribution in [1.29, 1.82) is 0 Å². The summed E-state index contributed by atoms with van der Waals surface area (Å²) in [5, 5.41) is 9.18. The Hall–Kier alpha value is -2.35. The summed E-state index contributed by atoms with van der Waals surface area (Å²) >= 11 is 1.20. The van der Waals surface area contributed by atoms with E-state index in [-0.39, 0.29) is 22.9 Å². The van der Waals surface area contributed by atoms with Gasteiger partial charge < -0.3 is 11.1 Å². The third kappa shape index (κ3) is 4.06. The monoisotopic (exact) mass is 305 g/mol. The van der Waals surface area contributed by atoms with Crippen molar-refractivity contribution in [3.63, 3.8) is 0 Å². The summed E-state index contributed by atoms with van der Waals surface area (Å²) in [6.45, 7) is 3.24. The number of thioether (sulfide) groups is 1. The minimum absolute atomic E-state index is 0.0148. The third-order valence-electron chi connectivity index (χ3n) is 2.69. The topological polar surface area (TPSA) is 114 Å². The molecule has 0 aliphatic heterocycles. The van der Waals surface area contributed by atoms with Crippen LogP contribution in [0.15, 0.2) is 29.4 Å². The lowest BCUT2D eigenvalue weighted by atomic mass is 10.1. The van der Waals surface area contributed by atoms with E-state index in [1.165, 1.54) is 18.7 Å². The first kappa shape index (κ1) is 15.0. The van der Waals surface area contributed by atoms with E-state index in [0.29, 0.717) is 16.4 Å². The quantitative estimate of drug-likeness (QED) is 0.572. The first-order chi connectivity index (χ1) is 9.95. The number of H-pyrrole nitrogens is 1. The van der Waals surface area contributed by atoms with Crippen LogP contribution < -0.4 is 11.1 Å². The van der Waals surface area contributed by atoms with Crippen LogP contribution in [-0.4, -0.2) is 32.1 Å². The zero-order chi connectivity index (χ0) is 15.4. The van der Waals surface area contributed by atoms with E-state index in [9.17, 15) is 9.59 Å². The molecule has 21 heavy (non-hydrogen) atoms. The Kier molecular flexibility index (Phi) is 4.59. The molecule has 8 heteroatoms. The number of aromatic amines is 1. The molecule has 0 spiro atoms. The van der Waals surface area contributed by atoms with Crippen LogP contribution in [0.4, 0.5) is 11.6 Å². The molecule has 1 unspecified atom stereocenters. The van der Waals surface area contributed by atoms with Crippen LogP contribution in [-0.2, 0) is 4.79 Å². The van der Waals surface area contributed by atoms with Crippen LogP contribution in [0.5, 0.6) is 0 Å². The minimum atomic E-state index is -0.382. The first-order valence-corrected chi connectivity index (χ1v) is 7.10. The van der Waals surface area contributed by atoms with Crippen LogP contribution >= 0.6 is 11.8 Å². The molecular formula is C13H15N5O2S. The molecule has 110 valence electrons. The molecule has 0 saturated carbocycles. The number of Topliss-reactive ketones (excluding diaryl/α,β-unsaturated/α-hetero) is 1. The van der Waals surface area contributed by atoms with Crippen molar-refractivity contribution in [3.8, 4) is 0 Å². The number of nitrogens with zero attached hydrogens (tertiary/aromatic N) is 2. The second kappa shape index (κ2) is 6.40. The van der Waals surface area contributed by atoms with Crippen LogP contribution in [0.3, 0.4) is 0 Å². The summed E-state index contributed by atoms with van der Waals surface area (Å²) in [6, 6.07) is 6.73. The van der Waals surface area contributed by atoms with Gasteiger partial charge in [0.05, 0.1) is 5.25 Å². The second-order valence-electron chi connectivity index (χ2n) is 4.39. The van der Waals surface area contributed by atoms with Crippen molar-refractivity contribution >= 4 is 35.1 Å². The molecule has 2 rings (SSSR count). The Bertz CT molecular complexity index is 653. The number of amides is 1. The molecule has 0 saturated heterocycles. The zero-order valence-electron chi connectivity index (χ0n) is 11.6. The summed E-state index contributed by atoms with van der Waals surface area (Å²) in [6.07, 6.45) is 0. The maximum Gasteiger partial charge on any atom is 0.237 e. The van der Waals surface area contributed by atoms with Crippen LogP contribution in [0.1, 0.15) is 24.2 Å². The van der Waals surface area contributed by atoms with Gasteiger partial charge in [-0.2, -0.15) is 4.98 Å². The number of ketones is 1. The number of benzene rings is 1. The van der Waals surface area contributed by atoms with Gasteiger partial charge in [-0.05, 0) is 38.1 Å². The summed E-state index contributed by atoms with van der Waals surface area (Å²) in [4.78, 5) is 27.1. The van der Waals surface area contributed by atoms with Crippen LogP contribution in [0.25, 0.3) is 0 Å². The predicted molar refractivity (Wildman–Crippen MR) is 81.2 cm³/mol. The molecule has 1 atom stereocenters. The average molecular weight is 305 g/mol. The first-order valence-electron chi connectivity index (χ1n) is 6.22. The standard InChI is InChI=1S/C13H15N5O2S/c1-7(19)9-3-5-10(6-4-9)15-11(20)8(2)21-13-16-12(14)17-18-13/h3-6,8H,1-2H3,(H,15,20)(H3,14,16,17,18). The molecule has 0 aliphatic rings. The fourth-order valence-electron chi connectivity index (χ4n) is 1.55. The van der Waals surface area contributed by atoms with Gasteiger partial charge in [0.15, 0.2) is 5.78 Å². The second-order valence-corrected chi connectivity index (χ2v) is 5.69. The Morgan fingerprint density at radius 1 is 1.33 bits per heavy atom. The van der Waals surface area contributed by atoms with Gasteiger partial charge in [0.25, 0.3) is 0 Å². The molecule has 1 heterocycles. The molecule has 0 fully saturated rings. The smallest absolute Gasteiger partial charge is 0.237 e. The summed E-state index contributed by atoms with van der Waals surface area (Å²) in [5.74, 6) is 0.0165. The van der Waals surface area contributed by atoms with E-state index in [4.69, 9.17) is 5.73 Å². The highest BCUT2D eigenvalue weighted by atomic mass is 32.2. The predicted octanol–water partition coefficient (Wildman–Crippen LogP) is 1.71. The van der Waals surface area contributed by atoms with Gasteiger partial charge in [-0.15, -0.1) is 5.10 Å². The largest absolute Gasteiger partial charge is 0.368 e. The highest BCUT2D eigenvalue weighted by Crippen LogP contribution is 2.21. The van der Waals surface area contributed by atoms with E-state index < -0.39 is 0 Å². The normalized spacial score (nSPS) is 11.9. The number of carbonyl (C=O) groups is 2. The number of carbonyl (C=O) groups excluding carboxylic acids is 2. The maximum absolute atomic E-state index is 12.0. The van der Waals surface area contributed by atoms with Gasteiger partial charge >= 0.3 is 0 Å². The Morgan fingerprint density at radius 2 is 2.00 bits per heavy atom. The van der Waals surface area contributed by atoms with E-state index in [2.05, 4.69) is 20.5 Å². The zero-order valence-corrected chi connectivity index (χ0v) is 12.4. The van der Waals surface area contributed by atoms with Crippen molar-refractivity contribution < 1.29 is 9.59 Å². The molecule has 7 nitrogen and oxygen atoms in total. The van der Waals surface area contributed by atoms with Gasteiger partial charge in [-0.3, -0.25) is 9.59 Å². The lowest BCUT2D eigenvalue weighted by Crippen LogP contribution is -2.22. The highest BCUT2D eigenvalue weighted by molar-refractivity contribution is 8.00. The molecule has 1 aromatic carbocycles. The van der Waals surface area contributed by atoms with Gasteiger partial charge in [-0.25, -0.2) is 5.10 Å². The number of anilines is 2. The Labute approximate surface area is 125 Å². The lowest BCUT2D eigenvalue weighted by Gasteiger charge is -2.10. The highest BCUT2D eigenvalue weighted by Gasteiger charge is 2.17. The maximum atomic E-state index is 12.0. The molecular weight excluding hydrogens is 290 g/mol. The van der Waals surface area contributed by atoms with Crippen molar-refractivity contribution in [2.75, 3.05) is 11.1 Å². The van der Waals surface area contributed by atoms with Crippen molar-refractivity contribution in [1.82, 2.24) is 15.2 Å². The lowest BCUT2D eigenvalue weighted by molar-refractivity contribution is -0.115. The number of hydrogen-bond donors (Lipinski definition) is 3. The number of nitrogens with one attached hydrogen (secondary N) is 2. The van der Waals surface area contributed by atoms with E-state index in [0.717, 1.165) is 0 Å². The molecule has 1 aromatic heterocycles. The van der Waals surface area contributed by atoms with Crippen LogP contribution in [0, 0.1) is 0 Å². The van der Waals surface area contributed by atoms with Gasteiger partial charge in [0.1, 0.15) is 0 Å². The van der Waals surface area contributed by atoms with E-state index in [1.807, 2.05) is 0 Å². The average Bonchev–Trinajstić information content (AvgIpc) is 2.84. The van der Waals surface area contributed by atoms with E-state index >= 15 is 0 Å². The van der Waals surface area contributed by atoms with Crippen molar-refractivity contribution in [2.24, 2.45) is 0 Å². The van der Waals surface area contributed by atoms with Crippen molar-refractivity contribution in [3.05, 3.63) is 29.8 Å². The molecule has 4 N–H and O–H groups in total. The molecule has 0 bridgehead atoms. The fraction of sp³-hybridized carbons (Fsp3) is 0.231. The molecule has 0 aliphatic carbocycles. The van der Waals surface area contributed by atoms with Crippen LogP contribution in [0.2, 0.25) is 0 Å². The Morgan fingerprint density at radius 3 is 2.52 bits per heavy atom. The van der Waals surface area contributed by atoms with Crippen molar-refractivity contribution in [2.45, 2.75) is 24.3 Å². The summed E-state index contributed by atoms with van der Waals surface area (Å²) in [5.41, 5.74) is 6.66. The summed E-state index contributed by atoms with van der Waals surface area (Å²) in [7, 11) is 0. The van der Waals surface area contributed by atoms with E-state index in [1.54, 1.807) is 31.2 Å².